The number of aromatic nitrogens is 1. The lowest BCUT2D eigenvalue weighted by molar-refractivity contribution is 0.0690. The number of aromatic carboxylic acids is 1. The zero-order valence-electron chi connectivity index (χ0n) is 10.1. The van der Waals surface area contributed by atoms with Gasteiger partial charge in [0.25, 0.3) is 0 Å². The molecule has 5 heteroatoms. The Morgan fingerprint density at radius 1 is 1.59 bits per heavy atom. The molecule has 0 aromatic carbocycles. The van der Waals surface area contributed by atoms with Crippen LogP contribution in [0.2, 0.25) is 0 Å². The molecule has 17 heavy (non-hydrogen) atoms. The summed E-state index contributed by atoms with van der Waals surface area (Å²) in [5, 5.41) is 12.0. The summed E-state index contributed by atoms with van der Waals surface area (Å²) < 4.78 is 5.02. The molecule has 0 aliphatic carbocycles. The van der Waals surface area contributed by atoms with E-state index in [1.165, 1.54) is 6.07 Å². The summed E-state index contributed by atoms with van der Waals surface area (Å²) in [5.74, 6) is -0.581. The van der Waals surface area contributed by atoms with Crippen molar-refractivity contribution in [1.29, 1.82) is 0 Å². The topological polar surface area (TPSA) is 71.5 Å². The van der Waals surface area contributed by atoms with Gasteiger partial charge in [-0.25, -0.2) is 9.78 Å². The number of nitrogens with zero attached hydrogens (tertiary/aromatic N) is 1. The minimum atomic E-state index is -1.00. The molecule has 0 spiro atoms. The normalized spacial score (nSPS) is 12.4. The highest BCUT2D eigenvalue weighted by molar-refractivity contribution is 5.85. The molecule has 0 saturated carbocycles. The molecule has 1 heterocycles. The number of hydrogen-bond acceptors (Lipinski definition) is 4. The maximum Gasteiger partial charge on any atom is 0.354 e. The zero-order chi connectivity index (χ0) is 12.7. The zero-order valence-corrected chi connectivity index (χ0v) is 10.1. The second-order valence-electron chi connectivity index (χ2n) is 4.01. The molecule has 1 atom stereocenters. The molecule has 94 valence electrons. The van der Waals surface area contributed by atoms with Gasteiger partial charge in [0.1, 0.15) is 5.69 Å². The van der Waals surface area contributed by atoms with E-state index < -0.39 is 5.97 Å². The van der Waals surface area contributed by atoms with Gasteiger partial charge in [-0.2, -0.15) is 0 Å². The Balaban J connectivity index is 2.41. The quantitative estimate of drug-likeness (QED) is 0.745. The van der Waals surface area contributed by atoms with E-state index in [-0.39, 0.29) is 5.69 Å². The van der Waals surface area contributed by atoms with Gasteiger partial charge in [0.15, 0.2) is 0 Å². The molecule has 1 unspecified atom stereocenters. The first-order valence-corrected chi connectivity index (χ1v) is 5.52. The van der Waals surface area contributed by atoms with Gasteiger partial charge in [-0.3, -0.25) is 0 Å². The van der Waals surface area contributed by atoms with E-state index in [1.807, 2.05) is 0 Å². The van der Waals surface area contributed by atoms with Crippen LogP contribution in [0.25, 0.3) is 0 Å². The van der Waals surface area contributed by atoms with E-state index in [4.69, 9.17) is 9.84 Å². The van der Waals surface area contributed by atoms with Gasteiger partial charge < -0.3 is 15.2 Å². The van der Waals surface area contributed by atoms with Crippen LogP contribution in [0, 0.1) is 5.92 Å². The first kappa shape index (κ1) is 13.6. The van der Waals surface area contributed by atoms with Gasteiger partial charge in [-0.15, -0.1) is 0 Å². The van der Waals surface area contributed by atoms with E-state index in [1.54, 1.807) is 19.2 Å². The number of ether oxygens (including phenoxy) is 1. The predicted octanol–water partition coefficient (Wildman–Crippen LogP) is 1.15. The van der Waals surface area contributed by atoms with Crippen LogP contribution in [0.1, 0.15) is 23.1 Å². The number of rotatable bonds is 7. The van der Waals surface area contributed by atoms with Crippen molar-refractivity contribution < 1.29 is 14.6 Å². The molecule has 5 nitrogen and oxygen atoms in total. The molecule has 1 rings (SSSR count). The Labute approximate surface area is 101 Å². The monoisotopic (exact) mass is 238 g/mol. The van der Waals surface area contributed by atoms with E-state index in [0.717, 1.165) is 12.2 Å². The van der Waals surface area contributed by atoms with Crippen LogP contribution in [0.4, 0.5) is 0 Å². The summed E-state index contributed by atoms with van der Waals surface area (Å²) in [6.07, 6.45) is 0. The van der Waals surface area contributed by atoms with Crippen molar-refractivity contribution in [3.8, 4) is 0 Å². The molecule has 0 bridgehead atoms. The molecule has 1 aromatic heterocycles. The van der Waals surface area contributed by atoms with Crippen molar-refractivity contribution in [1.82, 2.24) is 10.3 Å². The van der Waals surface area contributed by atoms with Crippen LogP contribution >= 0.6 is 0 Å². The van der Waals surface area contributed by atoms with Crippen LogP contribution in [-0.4, -0.2) is 36.3 Å². The Bertz CT molecular complexity index is 369. The molecular formula is C12H18N2O3. The molecular weight excluding hydrogens is 220 g/mol. The number of carboxylic acids is 1. The third-order valence-corrected chi connectivity index (χ3v) is 2.28. The second-order valence-corrected chi connectivity index (χ2v) is 4.01. The van der Waals surface area contributed by atoms with Crippen LogP contribution in [0.5, 0.6) is 0 Å². The van der Waals surface area contributed by atoms with Gasteiger partial charge >= 0.3 is 5.97 Å². The molecule has 0 aliphatic rings. The summed E-state index contributed by atoms with van der Waals surface area (Å²) in [4.78, 5) is 14.7. The lowest BCUT2D eigenvalue weighted by Gasteiger charge is -2.11. The third kappa shape index (κ3) is 4.93. The Morgan fingerprint density at radius 3 is 3.00 bits per heavy atom. The molecule has 0 fully saturated rings. The van der Waals surface area contributed by atoms with Crippen LogP contribution in [0.15, 0.2) is 18.2 Å². The summed E-state index contributed by atoms with van der Waals surface area (Å²) >= 11 is 0. The molecule has 0 saturated heterocycles. The Hall–Kier alpha value is -1.46. The molecule has 0 aliphatic heterocycles. The van der Waals surface area contributed by atoms with Crippen LogP contribution in [-0.2, 0) is 11.3 Å². The van der Waals surface area contributed by atoms with Crippen molar-refractivity contribution in [2.45, 2.75) is 13.5 Å². The predicted molar refractivity (Wildman–Crippen MR) is 63.9 cm³/mol. The summed E-state index contributed by atoms with van der Waals surface area (Å²) in [6.45, 7) is 4.16. The SMILES string of the molecule is COCC(C)CNCc1cccc(C(=O)O)n1. The average Bonchev–Trinajstić information content (AvgIpc) is 2.30. The molecule has 1 aromatic rings. The Kier molecular flexibility index (Phi) is 5.59. The number of methoxy groups -OCH3 is 1. The maximum atomic E-state index is 10.7. The summed E-state index contributed by atoms with van der Waals surface area (Å²) in [7, 11) is 1.67. The van der Waals surface area contributed by atoms with Crippen molar-refractivity contribution in [2.24, 2.45) is 5.92 Å². The molecule has 0 radical (unpaired) electrons. The van der Waals surface area contributed by atoms with Crippen LogP contribution in [0.3, 0.4) is 0 Å². The minimum absolute atomic E-state index is 0.0780. The van der Waals surface area contributed by atoms with E-state index in [0.29, 0.717) is 19.1 Å². The second kappa shape index (κ2) is 6.98. The summed E-state index contributed by atoms with van der Waals surface area (Å²) in [5.41, 5.74) is 0.809. The van der Waals surface area contributed by atoms with Crippen molar-refractivity contribution >= 4 is 5.97 Å². The fourth-order valence-corrected chi connectivity index (χ4v) is 1.49. The van der Waals surface area contributed by atoms with Crippen molar-refractivity contribution in [2.75, 3.05) is 20.3 Å². The first-order valence-electron chi connectivity index (χ1n) is 5.52. The number of pyridine rings is 1. The van der Waals surface area contributed by atoms with Gasteiger partial charge in [-0.1, -0.05) is 13.0 Å². The van der Waals surface area contributed by atoms with Gasteiger partial charge in [0.2, 0.25) is 0 Å². The van der Waals surface area contributed by atoms with E-state index in [9.17, 15) is 4.79 Å². The van der Waals surface area contributed by atoms with Gasteiger partial charge in [0, 0.05) is 26.8 Å². The summed E-state index contributed by atoms with van der Waals surface area (Å²) in [6, 6.07) is 4.99. The lowest BCUT2D eigenvalue weighted by Crippen LogP contribution is -2.24. The third-order valence-electron chi connectivity index (χ3n) is 2.28. The Morgan fingerprint density at radius 2 is 2.35 bits per heavy atom. The standard InChI is InChI=1S/C12H18N2O3/c1-9(8-17-2)6-13-7-10-4-3-5-11(14-10)12(15)16/h3-5,9,13H,6-8H2,1-2H3,(H,15,16). The highest BCUT2D eigenvalue weighted by Crippen LogP contribution is 2.00. The number of nitrogens with one attached hydrogen (secondary N) is 1. The molecule has 0 amide bonds. The average molecular weight is 238 g/mol. The lowest BCUT2D eigenvalue weighted by atomic mass is 10.2. The van der Waals surface area contributed by atoms with Crippen molar-refractivity contribution in [3.05, 3.63) is 29.6 Å². The first-order chi connectivity index (χ1) is 8.13. The number of carbonyl (C=O) groups is 1. The highest BCUT2D eigenvalue weighted by Gasteiger charge is 2.05. The fourth-order valence-electron chi connectivity index (χ4n) is 1.49. The van der Waals surface area contributed by atoms with Gasteiger partial charge in [0.05, 0.1) is 5.69 Å². The van der Waals surface area contributed by atoms with Crippen molar-refractivity contribution in [3.63, 3.8) is 0 Å². The number of hydrogen-bond donors (Lipinski definition) is 2. The minimum Gasteiger partial charge on any atom is -0.477 e. The highest BCUT2D eigenvalue weighted by atomic mass is 16.5. The largest absolute Gasteiger partial charge is 0.477 e. The van der Waals surface area contributed by atoms with Gasteiger partial charge in [-0.05, 0) is 18.1 Å². The fraction of sp³-hybridized carbons (Fsp3) is 0.500. The number of carboxylic acid groups (broad SMARTS) is 1. The van der Waals surface area contributed by atoms with E-state index in [2.05, 4.69) is 17.2 Å². The van der Waals surface area contributed by atoms with E-state index >= 15 is 0 Å². The molecule has 2 N–H and O–H groups in total. The van der Waals surface area contributed by atoms with Crippen LogP contribution < -0.4 is 5.32 Å². The smallest absolute Gasteiger partial charge is 0.354 e. The maximum absolute atomic E-state index is 10.7.